The summed E-state index contributed by atoms with van der Waals surface area (Å²) in [5, 5.41) is 8.64. The minimum Gasteiger partial charge on any atom is -0.481 e. The number of carboxylic acids is 1. The van der Waals surface area contributed by atoms with Gasteiger partial charge in [0.25, 0.3) is 0 Å². The third kappa shape index (κ3) is 3.50. The van der Waals surface area contributed by atoms with E-state index in [1.807, 2.05) is 6.08 Å². The molecule has 1 aliphatic rings. The van der Waals surface area contributed by atoms with Crippen LogP contribution in [0.4, 0.5) is 0 Å². The summed E-state index contributed by atoms with van der Waals surface area (Å²) in [7, 11) is 0. The van der Waals surface area contributed by atoms with Gasteiger partial charge in [-0.1, -0.05) is 25.5 Å². The van der Waals surface area contributed by atoms with Gasteiger partial charge in [0, 0.05) is 19.3 Å². The van der Waals surface area contributed by atoms with Gasteiger partial charge in [-0.2, -0.15) is 0 Å². The molecule has 0 amide bonds. The average Bonchev–Trinajstić information content (AvgIpc) is 2.16. The molecule has 0 aliphatic heterocycles. The van der Waals surface area contributed by atoms with E-state index < -0.39 is 5.97 Å². The number of carboxylic acid groups (broad SMARTS) is 1. The summed E-state index contributed by atoms with van der Waals surface area (Å²) >= 11 is 0. The molecular weight excluding hydrogens is 192 g/mol. The second-order valence-corrected chi connectivity index (χ2v) is 4.75. The molecule has 1 N–H and O–H groups in total. The van der Waals surface area contributed by atoms with E-state index in [9.17, 15) is 9.59 Å². The zero-order chi connectivity index (χ0) is 11.5. The van der Waals surface area contributed by atoms with Gasteiger partial charge < -0.3 is 5.11 Å². The molecule has 0 aromatic rings. The summed E-state index contributed by atoms with van der Waals surface area (Å²) in [5.74, 6) is -0.469. The van der Waals surface area contributed by atoms with Crippen molar-refractivity contribution in [3.05, 3.63) is 11.6 Å². The monoisotopic (exact) mass is 210 g/mol. The highest BCUT2D eigenvalue weighted by Crippen LogP contribution is 2.36. The summed E-state index contributed by atoms with van der Waals surface area (Å²) < 4.78 is 0. The number of ketones is 1. The molecule has 0 heterocycles. The van der Waals surface area contributed by atoms with Gasteiger partial charge in [0.15, 0.2) is 0 Å². The zero-order valence-electron chi connectivity index (χ0n) is 9.38. The van der Waals surface area contributed by atoms with E-state index in [1.165, 1.54) is 5.57 Å². The van der Waals surface area contributed by atoms with Crippen LogP contribution in [0, 0.1) is 5.41 Å². The van der Waals surface area contributed by atoms with Crippen molar-refractivity contribution in [1.29, 1.82) is 0 Å². The molecule has 1 rings (SSSR count). The topological polar surface area (TPSA) is 54.4 Å². The number of hydrogen-bond donors (Lipinski definition) is 1. The Balaban J connectivity index is 2.60. The standard InChI is InChI=1S/C12H18O3/c1-12(2,8-7-11(14)15)9-3-5-10(13)6-4-9/h3H,4-8H2,1-2H3,(H,14,15). The Morgan fingerprint density at radius 1 is 1.47 bits per heavy atom. The molecule has 0 saturated carbocycles. The molecule has 0 aromatic heterocycles. The quantitative estimate of drug-likeness (QED) is 0.725. The average molecular weight is 210 g/mol. The molecule has 0 atom stereocenters. The molecule has 3 heteroatoms. The van der Waals surface area contributed by atoms with Gasteiger partial charge in [0.05, 0.1) is 0 Å². The molecule has 0 radical (unpaired) electrons. The number of allylic oxidation sites excluding steroid dienone is 2. The smallest absolute Gasteiger partial charge is 0.303 e. The van der Waals surface area contributed by atoms with Crippen molar-refractivity contribution in [2.75, 3.05) is 0 Å². The summed E-state index contributed by atoms with van der Waals surface area (Å²) in [6.07, 6.45) is 4.74. The van der Waals surface area contributed by atoms with E-state index in [2.05, 4.69) is 13.8 Å². The van der Waals surface area contributed by atoms with Crippen LogP contribution in [0.25, 0.3) is 0 Å². The number of Topliss-reactive ketones (excluding diaryl/α,β-unsaturated/α-hetero) is 1. The SMILES string of the molecule is CC(C)(CCC(=O)O)C1=CCC(=O)CC1. The molecule has 0 bridgehead atoms. The predicted octanol–water partition coefficient (Wildman–Crippen LogP) is 2.56. The number of rotatable bonds is 4. The van der Waals surface area contributed by atoms with Crippen molar-refractivity contribution in [2.45, 2.75) is 46.0 Å². The maximum atomic E-state index is 11.1. The van der Waals surface area contributed by atoms with Gasteiger partial charge in [-0.05, 0) is 18.3 Å². The first-order valence-corrected chi connectivity index (χ1v) is 5.35. The Bertz CT molecular complexity index is 300. The Morgan fingerprint density at radius 3 is 2.60 bits per heavy atom. The molecule has 0 saturated heterocycles. The molecule has 15 heavy (non-hydrogen) atoms. The normalized spacial score (nSPS) is 17.5. The summed E-state index contributed by atoms with van der Waals surface area (Å²) in [4.78, 5) is 21.6. The van der Waals surface area contributed by atoms with Crippen LogP contribution >= 0.6 is 0 Å². The third-order valence-electron chi connectivity index (χ3n) is 3.08. The van der Waals surface area contributed by atoms with E-state index in [0.29, 0.717) is 19.3 Å². The van der Waals surface area contributed by atoms with E-state index in [0.717, 1.165) is 6.42 Å². The van der Waals surface area contributed by atoms with E-state index in [1.54, 1.807) is 0 Å². The van der Waals surface area contributed by atoms with Gasteiger partial charge in [0.1, 0.15) is 5.78 Å². The number of carbonyl (C=O) groups is 2. The second-order valence-electron chi connectivity index (χ2n) is 4.75. The van der Waals surface area contributed by atoms with Crippen LogP contribution in [0.2, 0.25) is 0 Å². The predicted molar refractivity (Wildman–Crippen MR) is 57.6 cm³/mol. The van der Waals surface area contributed by atoms with E-state index in [-0.39, 0.29) is 17.6 Å². The molecule has 0 unspecified atom stereocenters. The molecule has 0 aromatic carbocycles. The van der Waals surface area contributed by atoms with E-state index >= 15 is 0 Å². The highest BCUT2D eigenvalue weighted by atomic mass is 16.4. The maximum Gasteiger partial charge on any atom is 0.303 e. The van der Waals surface area contributed by atoms with E-state index in [4.69, 9.17) is 5.11 Å². The van der Waals surface area contributed by atoms with Gasteiger partial charge in [-0.3, -0.25) is 9.59 Å². The largest absolute Gasteiger partial charge is 0.481 e. The minimum atomic E-state index is -0.754. The zero-order valence-corrected chi connectivity index (χ0v) is 9.38. The number of hydrogen-bond acceptors (Lipinski definition) is 2. The first kappa shape index (κ1) is 12.0. The third-order valence-corrected chi connectivity index (χ3v) is 3.08. The number of carbonyl (C=O) groups excluding carboxylic acids is 1. The van der Waals surface area contributed by atoms with Crippen molar-refractivity contribution in [3.8, 4) is 0 Å². The molecule has 0 fully saturated rings. The lowest BCUT2D eigenvalue weighted by atomic mass is 9.75. The van der Waals surface area contributed by atoms with Crippen LogP contribution < -0.4 is 0 Å². The summed E-state index contributed by atoms with van der Waals surface area (Å²) in [6, 6.07) is 0. The lowest BCUT2D eigenvalue weighted by Gasteiger charge is -2.29. The highest BCUT2D eigenvalue weighted by Gasteiger charge is 2.26. The van der Waals surface area contributed by atoms with Crippen LogP contribution in [-0.4, -0.2) is 16.9 Å². The van der Waals surface area contributed by atoms with Gasteiger partial charge >= 0.3 is 5.97 Å². The fraction of sp³-hybridized carbons (Fsp3) is 0.667. The number of aliphatic carboxylic acids is 1. The van der Waals surface area contributed by atoms with Crippen LogP contribution in [-0.2, 0) is 9.59 Å². The van der Waals surface area contributed by atoms with Gasteiger partial charge in [-0.25, -0.2) is 0 Å². The minimum absolute atomic E-state index is 0.0842. The van der Waals surface area contributed by atoms with Crippen LogP contribution in [0.3, 0.4) is 0 Å². The van der Waals surface area contributed by atoms with Crippen molar-refractivity contribution in [2.24, 2.45) is 5.41 Å². The fourth-order valence-electron chi connectivity index (χ4n) is 1.91. The van der Waals surface area contributed by atoms with Crippen molar-refractivity contribution in [1.82, 2.24) is 0 Å². The Morgan fingerprint density at radius 2 is 2.13 bits per heavy atom. The molecule has 3 nitrogen and oxygen atoms in total. The lowest BCUT2D eigenvalue weighted by Crippen LogP contribution is -2.20. The Labute approximate surface area is 90.2 Å². The molecule has 84 valence electrons. The Hall–Kier alpha value is -1.12. The summed E-state index contributed by atoms with van der Waals surface area (Å²) in [5.41, 5.74) is 1.15. The maximum absolute atomic E-state index is 11.1. The highest BCUT2D eigenvalue weighted by molar-refractivity contribution is 5.81. The fourth-order valence-corrected chi connectivity index (χ4v) is 1.91. The molecule has 1 aliphatic carbocycles. The van der Waals surface area contributed by atoms with Gasteiger partial charge in [0.2, 0.25) is 0 Å². The first-order valence-electron chi connectivity index (χ1n) is 5.35. The second kappa shape index (κ2) is 4.60. The lowest BCUT2D eigenvalue weighted by molar-refractivity contribution is -0.137. The first-order chi connectivity index (χ1) is 6.92. The van der Waals surface area contributed by atoms with Crippen molar-refractivity contribution < 1.29 is 14.7 Å². The molecule has 0 spiro atoms. The van der Waals surface area contributed by atoms with Gasteiger partial charge in [-0.15, -0.1) is 0 Å². The Kier molecular flexibility index (Phi) is 3.66. The van der Waals surface area contributed by atoms with Crippen molar-refractivity contribution in [3.63, 3.8) is 0 Å². The van der Waals surface area contributed by atoms with Crippen LogP contribution in [0.5, 0.6) is 0 Å². The van der Waals surface area contributed by atoms with Crippen LogP contribution in [0.1, 0.15) is 46.0 Å². The summed E-state index contributed by atoms with van der Waals surface area (Å²) in [6.45, 7) is 4.11. The molecular formula is C12H18O3. The van der Waals surface area contributed by atoms with Crippen LogP contribution in [0.15, 0.2) is 11.6 Å². The van der Waals surface area contributed by atoms with Crippen molar-refractivity contribution >= 4 is 11.8 Å².